The Labute approximate surface area is 136 Å². The van der Waals surface area contributed by atoms with E-state index in [-0.39, 0.29) is 5.91 Å². The van der Waals surface area contributed by atoms with Crippen molar-refractivity contribution in [2.24, 2.45) is 0 Å². The number of carbonyl (C=O) groups excluding carboxylic acids is 1. The molecule has 0 saturated heterocycles. The number of nitrogens with one attached hydrogen (secondary N) is 2. The third-order valence-corrected chi connectivity index (χ3v) is 4.19. The number of aromatic nitrogens is 6. The van der Waals surface area contributed by atoms with Gasteiger partial charge in [0.05, 0.1) is 35.2 Å². The number of H-pyrrole nitrogens is 1. The number of anilines is 3. The summed E-state index contributed by atoms with van der Waals surface area (Å²) in [7, 11) is 1.82. The molecule has 3 heterocycles. The molecule has 24 heavy (non-hydrogen) atoms. The lowest BCUT2D eigenvalue weighted by Gasteiger charge is -2.26. The van der Waals surface area contributed by atoms with E-state index in [1.807, 2.05) is 14.0 Å². The standard InChI is InChI=1S/C14H15N9O/c1-7-9(6-23-14(22(7)2)19-20-21-23)13(24)17-12-3-8-5-16-18-11(8)4-10(12)15/h3-5H,6,15H2,1-2H3,(H,16,18)(H,17,24). The Kier molecular flexibility index (Phi) is 2.98. The summed E-state index contributed by atoms with van der Waals surface area (Å²) in [5.41, 5.74) is 9.20. The van der Waals surface area contributed by atoms with Crippen molar-refractivity contribution >= 4 is 34.1 Å². The molecule has 1 aliphatic rings. The highest BCUT2D eigenvalue weighted by atomic mass is 16.1. The number of nitrogens with two attached hydrogens (primary N) is 1. The molecule has 0 radical (unpaired) electrons. The maximum atomic E-state index is 12.7. The van der Waals surface area contributed by atoms with Crippen LogP contribution in [0.3, 0.4) is 0 Å². The quantitative estimate of drug-likeness (QED) is 0.584. The van der Waals surface area contributed by atoms with E-state index in [2.05, 4.69) is 31.0 Å². The van der Waals surface area contributed by atoms with Crippen LogP contribution in [0.25, 0.3) is 10.9 Å². The lowest BCUT2D eigenvalue weighted by Crippen LogP contribution is -2.32. The Balaban J connectivity index is 1.66. The summed E-state index contributed by atoms with van der Waals surface area (Å²) in [5, 5.41) is 22.0. The molecular formula is C14H15N9O. The van der Waals surface area contributed by atoms with E-state index in [1.54, 1.807) is 27.9 Å². The SMILES string of the molecule is CC1=C(C(=O)Nc2cc3cn[nH]c3cc2N)Cn2nnnc2N1C. The molecule has 3 aromatic rings. The van der Waals surface area contributed by atoms with Crippen LogP contribution in [0.15, 0.2) is 29.6 Å². The second-order valence-electron chi connectivity index (χ2n) is 5.61. The van der Waals surface area contributed by atoms with Gasteiger partial charge in [-0.15, -0.1) is 0 Å². The van der Waals surface area contributed by atoms with Gasteiger partial charge in [-0.3, -0.25) is 9.89 Å². The molecule has 122 valence electrons. The molecule has 10 heteroatoms. The third kappa shape index (κ3) is 2.07. The van der Waals surface area contributed by atoms with Gasteiger partial charge < -0.3 is 16.0 Å². The average molecular weight is 325 g/mol. The molecular weight excluding hydrogens is 310 g/mol. The molecule has 0 unspecified atom stereocenters. The van der Waals surface area contributed by atoms with E-state index < -0.39 is 0 Å². The molecule has 4 rings (SSSR count). The second-order valence-corrected chi connectivity index (χ2v) is 5.61. The number of rotatable bonds is 2. The molecule has 0 aliphatic carbocycles. The first-order valence-electron chi connectivity index (χ1n) is 7.28. The monoisotopic (exact) mass is 325 g/mol. The zero-order valence-corrected chi connectivity index (χ0v) is 13.1. The van der Waals surface area contributed by atoms with Gasteiger partial charge in [0, 0.05) is 18.1 Å². The van der Waals surface area contributed by atoms with Gasteiger partial charge in [-0.25, -0.2) is 4.68 Å². The van der Waals surface area contributed by atoms with Gasteiger partial charge in [-0.05, 0) is 29.5 Å². The molecule has 4 N–H and O–H groups in total. The third-order valence-electron chi connectivity index (χ3n) is 4.19. The number of carbonyl (C=O) groups is 1. The van der Waals surface area contributed by atoms with E-state index in [4.69, 9.17) is 5.73 Å². The zero-order chi connectivity index (χ0) is 16.8. The van der Waals surface area contributed by atoms with Crippen molar-refractivity contribution in [2.75, 3.05) is 23.0 Å². The van der Waals surface area contributed by atoms with E-state index in [0.29, 0.717) is 29.4 Å². The van der Waals surface area contributed by atoms with Gasteiger partial charge in [-0.2, -0.15) is 5.10 Å². The van der Waals surface area contributed by atoms with Crippen molar-refractivity contribution in [2.45, 2.75) is 13.5 Å². The second kappa shape index (κ2) is 5.05. The molecule has 2 aromatic heterocycles. The fourth-order valence-electron chi connectivity index (χ4n) is 2.71. The molecule has 0 atom stereocenters. The van der Waals surface area contributed by atoms with Gasteiger partial charge >= 0.3 is 0 Å². The van der Waals surface area contributed by atoms with Crippen LogP contribution in [0, 0.1) is 0 Å². The van der Waals surface area contributed by atoms with Gasteiger partial charge in [0.1, 0.15) is 0 Å². The van der Waals surface area contributed by atoms with Crippen LogP contribution >= 0.6 is 0 Å². The predicted molar refractivity (Wildman–Crippen MR) is 88.1 cm³/mol. The normalized spacial score (nSPS) is 14.2. The molecule has 1 aliphatic heterocycles. The van der Waals surface area contributed by atoms with Gasteiger partial charge in [0.15, 0.2) is 0 Å². The molecule has 0 spiro atoms. The van der Waals surface area contributed by atoms with Crippen LogP contribution in [0.4, 0.5) is 17.3 Å². The van der Waals surface area contributed by atoms with E-state index >= 15 is 0 Å². The first kappa shape index (κ1) is 14.2. The fourth-order valence-corrected chi connectivity index (χ4v) is 2.71. The number of tetrazole rings is 1. The summed E-state index contributed by atoms with van der Waals surface area (Å²) in [6.07, 6.45) is 1.68. The van der Waals surface area contributed by atoms with Crippen LogP contribution in [0.5, 0.6) is 0 Å². The van der Waals surface area contributed by atoms with Gasteiger partial charge in [-0.1, -0.05) is 5.10 Å². The van der Waals surface area contributed by atoms with Gasteiger partial charge in [0.25, 0.3) is 5.91 Å². The molecule has 0 fully saturated rings. The minimum absolute atomic E-state index is 0.241. The summed E-state index contributed by atoms with van der Waals surface area (Å²) in [5.74, 6) is 0.360. The topological polar surface area (TPSA) is 131 Å². The smallest absolute Gasteiger partial charge is 0.255 e. The Morgan fingerprint density at radius 2 is 2.25 bits per heavy atom. The number of hydrogen-bond donors (Lipinski definition) is 3. The Morgan fingerprint density at radius 3 is 3.08 bits per heavy atom. The Bertz CT molecular complexity index is 983. The molecule has 0 saturated carbocycles. The van der Waals surface area contributed by atoms with Crippen molar-refractivity contribution in [3.05, 3.63) is 29.6 Å². The highest BCUT2D eigenvalue weighted by Crippen LogP contribution is 2.27. The van der Waals surface area contributed by atoms with E-state index in [9.17, 15) is 4.79 Å². The first-order valence-corrected chi connectivity index (χ1v) is 7.28. The number of hydrogen-bond acceptors (Lipinski definition) is 7. The first-order chi connectivity index (χ1) is 11.5. The number of nitrogens with zero attached hydrogens (tertiary/aromatic N) is 6. The fraction of sp³-hybridized carbons (Fsp3) is 0.214. The van der Waals surface area contributed by atoms with Crippen LogP contribution in [0.2, 0.25) is 0 Å². The van der Waals surface area contributed by atoms with Crippen molar-refractivity contribution < 1.29 is 4.79 Å². The molecule has 0 bridgehead atoms. The van der Waals surface area contributed by atoms with Crippen molar-refractivity contribution in [3.8, 4) is 0 Å². The lowest BCUT2D eigenvalue weighted by atomic mass is 10.1. The summed E-state index contributed by atoms with van der Waals surface area (Å²) >= 11 is 0. The van der Waals surface area contributed by atoms with Crippen LogP contribution in [-0.4, -0.2) is 43.4 Å². The minimum Gasteiger partial charge on any atom is -0.397 e. The molecule has 1 amide bonds. The number of benzene rings is 1. The molecule has 1 aromatic carbocycles. The molecule has 10 nitrogen and oxygen atoms in total. The zero-order valence-electron chi connectivity index (χ0n) is 13.1. The predicted octanol–water partition coefficient (Wildman–Crippen LogP) is 0.494. The van der Waals surface area contributed by atoms with E-state index in [0.717, 1.165) is 16.6 Å². The van der Waals surface area contributed by atoms with Crippen LogP contribution in [-0.2, 0) is 11.3 Å². The van der Waals surface area contributed by atoms with Crippen molar-refractivity contribution in [1.82, 2.24) is 30.4 Å². The summed E-state index contributed by atoms with van der Waals surface area (Å²) in [6, 6.07) is 3.53. The highest BCUT2D eigenvalue weighted by Gasteiger charge is 2.26. The maximum absolute atomic E-state index is 12.7. The highest BCUT2D eigenvalue weighted by molar-refractivity contribution is 6.07. The lowest BCUT2D eigenvalue weighted by molar-refractivity contribution is -0.113. The number of allylic oxidation sites excluding steroid dienone is 1. The summed E-state index contributed by atoms with van der Waals surface area (Å²) in [4.78, 5) is 14.5. The van der Waals surface area contributed by atoms with Crippen molar-refractivity contribution in [1.29, 1.82) is 0 Å². The maximum Gasteiger partial charge on any atom is 0.255 e. The summed E-state index contributed by atoms with van der Waals surface area (Å²) in [6.45, 7) is 2.16. The van der Waals surface area contributed by atoms with Crippen LogP contribution < -0.4 is 16.0 Å². The number of fused-ring (bicyclic) bond motifs is 2. The summed E-state index contributed by atoms with van der Waals surface area (Å²) < 4.78 is 1.57. The number of amides is 1. The Morgan fingerprint density at radius 1 is 1.42 bits per heavy atom. The van der Waals surface area contributed by atoms with Gasteiger partial charge in [0.2, 0.25) is 5.95 Å². The van der Waals surface area contributed by atoms with Crippen molar-refractivity contribution in [3.63, 3.8) is 0 Å². The average Bonchev–Trinajstić information content (AvgIpc) is 3.19. The van der Waals surface area contributed by atoms with E-state index in [1.165, 1.54) is 0 Å². The number of nitrogen functional groups attached to an aromatic ring is 1. The van der Waals surface area contributed by atoms with Crippen LogP contribution in [0.1, 0.15) is 6.92 Å². The minimum atomic E-state index is -0.241. The Hall–Kier alpha value is -3.43. The number of aromatic amines is 1. The largest absolute Gasteiger partial charge is 0.397 e.